The molecule has 2 atom stereocenters. The molecule has 0 bridgehead atoms. The Kier molecular flexibility index (Phi) is 5.10. The monoisotopic (exact) mass is 483 g/mol. The number of rotatable bonds is 5. The summed E-state index contributed by atoms with van der Waals surface area (Å²) in [4.78, 5) is 26.2. The molecule has 6 rings (SSSR count). The number of fused-ring (bicyclic) bond motifs is 1. The van der Waals surface area contributed by atoms with E-state index in [0.29, 0.717) is 46.3 Å². The first-order valence-electron chi connectivity index (χ1n) is 11.6. The lowest BCUT2D eigenvalue weighted by Gasteiger charge is -2.09. The van der Waals surface area contributed by atoms with Crippen LogP contribution < -0.4 is 5.32 Å². The summed E-state index contributed by atoms with van der Waals surface area (Å²) in [6, 6.07) is 9.27. The van der Waals surface area contributed by atoms with E-state index in [4.69, 9.17) is 4.52 Å². The van der Waals surface area contributed by atoms with Gasteiger partial charge in [0.25, 0.3) is 5.91 Å². The number of pyridine rings is 1. The molecule has 0 spiro atoms. The highest BCUT2D eigenvalue weighted by atomic mass is 19.1. The van der Waals surface area contributed by atoms with Gasteiger partial charge in [0.15, 0.2) is 0 Å². The number of hydrogen-bond donors (Lipinski definition) is 1. The number of aromatic nitrogens is 6. The molecule has 1 aliphatic rings. The molecule has 4 heterocycles. The van der Waals surface area contributed by atoms with Gasteiger partial charge >= 0.3 is 0 Å². The topological polar surface area (TPSA) is 111 Å². The Morgan fingerprint density at radius 1 is 1.11 bits per heavy atom. The lowest BCUT2D eigenvalue weighted by Crippen LogP contribution is -2.12. The summed E-state index contributed by atoms with van der Waals surface area (Å²) in [7, 11) is 0. The van der Waals surface area contributed by atoms with Crippen LogP contribution in [-0.2, 0) is 0 Å². The van der Waals surface area contributed by atoms with E-state index in [0.717, 1.165) is 22.4 Å². The molecule has 0 radical (unpaired) electrons. The zero-order valence-electron chi connectivity index (χ0n) is 19.9. The quantitative estimate of drug-likeness (QED) is 0.381. The summed E-state index contributed by atoms with van der Waals surface area (Å²) in [6.45, 7) is 5.68. The Hall–Kier alpha value is -4.47. The fourth-order valence-electron chi connectivity index (χ4n) is 4.19. The van der Waals surface area contributed by atoms with Crippen LogP contribution in [0.2, 0.25) is 0 Å². The van der Waals surface area contributed by atoms with Gasteiger partial charge in [0.05, 0.1) is 23.2 Å². The second-order valence-corrected chi connectivity index (χ2v) is 9.02. The third kappa shape index (κ3) is 3.90. The average Bonchev–Trinajstić information content (AvgIpc) is 3.23. The summed E-state index contributed by atoms with van der Waals surface area (Å²) in [5.74, 6) is 0.778. The van der Waals surface area contributed by atoms with Crippen molar-refractivity contribution in [1.29, 1.82) is 0 Å². The van der Waals surface area contributed by atoms with E-state index in [2.05, 4.69) is 30.5 Å². The number of amides is 1. The van der Waals surface area contributed by atoms with Crippen LogP contribution in [0.3, 0.4) is 0 Å². The molecule has 9 nitrogen and oxygen atoms in total. The molecule has 0 saturated heterocycles. The van der Waals surface area contributed by atoms with Crippen LogP contribution in [0.5, 0.6) is 0 Å². The molecule has 1 N–H and O–H groups in total. The van der Waals surface area contributed by atoms with Gasteiger partial charge < -0.3 is 9.84 Å². The molecule has 36 heavy (non-hydrogen) atoms. The smallest absolute Gasteiger partial charge is 0.259 e. The van der Waals surface area contributed by atoms with Crippen molar-refractivity contribution in [2.45, 2.75) is 39.3 Å². The SMILES string of the molecule is Cc1ncc(-c2ccc3c(C(=O)Nc4cc(-c5noc([C@H]6C[C@@H]6F)n5)ccc4C)cnn3c2)c(C)n1. The number of nitrogens with one attached hydrogen (secondary N) is 1. The van der Waals surface area contributed by atoms with E-state index >= 15 is 0 Å². The summed E-state index contributed by atoms with van der Waals surface area (Å²) in [5, 5.41) is 11.3. The molecule has 10 heteroatoms. The van der Waals surface area contributed by atoms with E-state index in [1.165, 1.54) is 0 Å². The van der Waals surface area contributed by atoms with Crippen LogP contribution in [0.25, 0.3) is 28.0 Å². The molecule has 1 saturated carbocycles. The second-order valence-electron chi connectivity index (χ2n) is 9.02. The molecule has 1 aliphatic carbocycles. The predicted molar refractivity (Wildman–Crippen MR) is 130 cm³/mol. The highest BCUT2D eigenvalue weighted by molar-refractivity contribution is 6.09. The van der Waals surface area contributed by atoms with Crippen molar-refractivity contribution in [1.82, 2.24) is 29.7 Å². The number of carbonyl (C=O) groups is 1. The van der Waals surface area contributed by atoms with Crippen LogP contribution in [0.4, 0.5) is 10.1 Å². The number of hydrogen-bond acceptors (Lipinski definition) is 7. The minimum Gasteiger partial charge on any atom is -0.339 e. The minimum absolute atomic E-state index is 0.292. The van der Waals surface area contributed by atoms with Crippen molar-refractivity contribution in [3.05, 3.63) is 77.5 Å². The highest BCUT2D eigenvalue weighted by Gasteiger charge is 2.43. The first-order chi connectivity index (χ1) is 17.4. The third-order valence-corrected chi connectivity index (χ3v) is 6.39. The molecule has 5 aromatic rings. The number of aryl methyl sites for hydroxylation is 3. The molecular weight excluding hydrogens is 461 g/mol. The average molecular weight is 484 g/mol. The maximum Gasteiger partial charge on any atom is 0.259 e. The van der Waals surface area contributed by atoms with E-state index in [1.807, 2.05) is 51.2 Å². The van der Waals surface area contributed by atoms with Gasteiger partial charge in [-0.25, -0.2) is 18.9 Å². The lowest BCUT2D eigenvalue weighted by molar-refractivity contribution is 0.102. The van der Waals surface area contributed by atoms with Crippen LogP contribution in [0.1, 0.15) is 45.7 Å². The first-order valence-corrected chi connectivity index (χ1v) is 11.6. The van der Waals surface area contributed by atoms with Crippen LogP contribution in [0.15, 0.2) is 53.4 Å². The van der Waals surface area contributed by atoms with Crippen molar-refractivity contribution in [3.8, 4) is 22.5 Å². The van der Waals surface area contributed by atoms with Gasteiger partial charge in [-0.15, -0.1) is 0 Å². The van der Waals surface area contributed by atoms with Crippen LogP contribution in [0, 0.1) is 20.8 Å². The number of halogens is 1. The fraction of sp³-hybridized carbons (Fsp3) is 0.231. The number of nitrogens with zero attached hydrogens (tertiary/aromatic N) is 6. The fourth-order valence-corrected chi connectivity index (χ4v) is 4.19. The van der Waals surface area contributed by atoms with Crippen molar-refractivity contribution >= 4 is 17.1 Å². The van der Waals surface area contributed by atoms with Crippen LogP contribution >= 0.6 is 0 Å². The number of anilines is 1. The van der Waals surface area contributed by atoms with Crippen molar-refractivity contribution < 1.29 is 13.7 Å². The molecule has 180 valence electrons. The van der Waals surface area contributed by atoms with E-state index in [9.17, 15) is 9.18 Å². The van der Waals surface area contributed by atoms with Crippen molar-refractivity contribution in [2.24, 2.45) is 0 Å². The van der Waals surface area contributed by atoms with Gasteiger partial charge in [0.1, 0.15) is 12.0 Å². The Bertz CT molecular complexity index is 1640. The summed E-state index contributed by atoms with van der Waals surface area (Å²) < 4.78 is 20.2. The number of carbonyl (C=O) groups excluding carboxylic acids is 1. The third-order valence-electron chi connectivity index (χ3n) is 6.39. The zero-order chi connectivity index (χ0) is 25.0. The Labute approximate surface area is 205 Å². The maximum atomic E-state index is 13.3. The molecule has 0 unspecified atom stereocenters. The van der Waals surface area contributed by atoms with Gasteiger partial charge in [0, 0.05) is 40.5 Å². The predicted octanol–water partition coefficient (Wildman–Crippen LogP) is 4.84. The number of benzene rings is 1. The Balaban J connectivity index is 1.26. The molecule has 1 aromatic carbocycles. The van der Waals surface area contributed by atoms with Gasteiger partial charge in [-0.1, -0.05) is 23.4 Å². The zero-order valence-corrected chi connectivity index (χ0v) is 19.9. The molecule has 4 aromatic heterocycles. The first kappa shape index (κ1) is 22.0. The largest absolute Gasteiger partial charge is 0.339 e. The van der Waals surface area contributed by atoms with Crippen LogP contribution in [-0.4, -0.2) is 41.8 Å². The lowest BCUT2D eigenvalue weighted by atomic mass is 10.1. The second kappa shape index (κ2) is 8.33. The Morgan fingerprint density at radius 2 is 1.92 bits per heavy atom. The van der Waals surface area contributed by atoms with Gasteiger partial charge in [-0.3, -0.25) is 4.79 Å². The molecule has 1 amide bonds. The van der Waals surface area contributed by atoms with Crippen molar-refractivity contribution in [3.63, 3.8) is 0 Å². The minimum atomic E-state index is -0.914. The van der Waals surface area contributed by atoms with Gasteiger partial charge in [0.2, 0.25) is 11.7 Å². The van der Waals surface area contributed by atoms with Crippen molar-refractivity contribution in [2.75, 3.05) is 5.32 Å². The van der Waals surface area contributed by atoms with E-state index in [-0.39, 0.29) is 11.8 Å². The van der Waals surface area contributed by atoms with E-state index in [1.54, 1.807) is 23.0 Å². The molecule has 0 aliphatic heterocycles. The molecular formula is C26H22FN7O2. The Morgan fingerprint density at radius 3 is 2.69 bits per heavy atom. The highest BCUT2D eigenvalue weighted by Crippen LogP contribution is 2.43. The van der Waals surface area contributed by atoms with E-state index < -0.39 is 6.17 Å². The number of alkyl halides is 1. The maximum absolute atomic E-state index is 13.3. The summed E-state index contributed by atoms with van der Waals surface area (Å²) in [6.07, 6.45) is 4.69. The summed E-state index contributed by atoms with van der Waals surface area (Å²) >= 11 is 0. The summed E-state index contributed by atoms with van der Waals surface area (Å²) in [5.41, 5.74) is 5.95. The normalized spacial score (nSPS) is 16.9. The molecule has 1 fully saturated rings. The van der Waals surface area contributed by atoms with Gasteiger partial charge in [-0.2, -0.15) is 10.1 Å². The van der Waals surface area contributed by atoms with Gasteiger partial charge in [-0.05, 0) is 44.9 Å². The standard InChI is InChI=1S/C26H22FN7O2/c1-13-4-5-16(24-32-26(36-33-24)18-9-21(18)27)8-22(13)31-25(35)20-11-29-34-12-17(6-7-23(20)34)19-10-28-15(3)30-14(19)2/h4-8,10-12,18,21H,9H2,1-3H3,(H,31,35)/t18-,21-/m0/s1.